The quantitative estimate of drug-likeness (QED) is 0.144. The zero-order chi connectivity index (χ0) is 65.3. The Morgan fingerprint density at radius 2 is 0.590 bits per heavy atom. The van der Waals surface area contributed by atoms with Crippen molar-refractivity contribution < 1.29 is 0 Å². The van der Waals surface area contributed by atoms with Gasteiger partial charge in [0.25, 0.3) is 0 Å². The summed E-state index contributed by atoms with van der Waals surface area (Å²) in [5, 5.41) is 17.5. The average molecular weight is 1310 g/mol. The van der Waals surface area contributed by atoms with Crippen molar-refractivity contribution in [1.82, 2.24) is 18.3 Å². The third kappa shape index (κ3) is 8.26. The molecule has 0 aliphatic rings. The Balaban J connectivity index is 0.606. The highest BCUT2D eigenvalue weighted by Crippen LogP contribution is 2.46. The summed E-state index contributed by atoms with van der Waals surface area (Å²) in [5.74, 6) is 0. The van der Waals surface area contributed by atoms with Crippen molar-refractivity contribution >= 4 is 161 Å². The van der Waals surface area contributed by atoms with Crippen LogP contribution in [0.5, 0.6) is 0 Å². The van der Waals surface area contributed by atoms with Crippen molar-refractivity contribution in [2.24, 2.45) is 0 Å². The Morgan fingerprint density at radius 1 is 0.170 bits per heavy atom. The molecule has 0 amide bonds. The second kappa shape index (κ2) is 21.5. The minimum absolute atomic E-state index is 1.16. The number of hydrogen-bond acceptors (Lipinski definition) is 2. The molecule has 0 bridgehead atoms. The summed E-state index contributed by atoms with van der Waals surface area (Å²) in [4.78, 5) is 0. The van der Waals surface area contributed by atoms with Gasteiger partial charge in [0, 0.05) is 100 Å². The van der Waals surface area contributed by atoms with Crippen LogP contribution in [-0.2, 0) is 0 Å². The molecule has 0 atom stereocenters. The van der Waals surface area contributed by atoms with E-state index >= 15 is 0 Å². The van der Waals surface area contributed by atoms with Crippen LogP contribution in [0.25, 0.3) is 206 Å². The van der Waals surface area contributed by atoms with Crippen molar-refractivity contribution in [3.63, 3.8) is 0 Å². The van der Waals surface area contributed by atoms with E-state index < -0.39 is 0 Å². The van der Waals surface area contributed by atoms with Gasteiger partial charge in [-0.25, -0.2) is 0 Å². The number of benzene rings is 16. The molecule has 0 fully saturated rings. The fourth-order valence-corrected chi connectivity index (χ4v) is 19.1. The first-order chi connectivity index (χ1) is 49.6. The maximum absolute atomic E-state index is 2.50. The van der Waals surface area contributed by atoms with Gasteiger partial charge < -0.3 is 18.3 Å². The highest BCUT2D eigenvalue weighted by atomic mass is 32.1. The van der Waals surface area contributed by atoms with Crippen LogP contribution in [0.1, 0.15) is 0 Å². The van der Waals surface area contributed by atoms with Crippen molar-refractivity contribution in [2.45, 2.75) is 0 Å². The SMILES string of the molecule is c1ccc(-n2c3ccccc3c3cc(-c4ccc5c(c4)c4ccccc4n5-c4ccc5sc6cc(-c7cccc(-c8cc(-n9c%10ccccc%10c%10cc(-c%11ccc%12c(c%11)c%11ccccc%11n%12-c%11cccc%12sc%13ccccc%13c%11%12)ccc%109)c9ccccc9c8)c7)ccc6c5c4)ccc32)cc1. The highest BCUT2D eigenvalue weighted by Gasteiger charge is 2.23. The molecule has 0 saturated carbocycles. The monoisotopic (exact) mass is 1300 g/mol. The van der Waals surface area contributed by atoms with Gasteiger partial charge >= 0.3 is 0 Å². The molecule has 6 heteroatoms. The summed E-state index contributed by atoms with van der Waals surface area (Å²) in [6.45, 7) is 0. The van der Waals surface area contributed by atoms with Crippen LogP contribution in [-0.4, -0.2) is 18.3 Å². The predicted octanol–water partition coefficient (Wildman–Crippen LogP) is 26.6. The van der Waals surface area contributed by atoms with Crippen LogP contribution in [0.15, 0.2) is 340 Å². The molecule has 0 saturated heterocycles. The number of para-hydroxylation sites is 5. The highest BCUT2D eigenvalue weighted by molar-refractivity contribution is 7.26. The van der Waals surface area contributed by atoms with Gasteiger partial charge in [0.1, 0.15) is 0 Å². The largest absolute Gasteiger partial charge is 0.309 e. The molecule has 0 unspecified atom stereocenters. The fourth-order valence-electron chi connectivity index (χ4n) is 16.8. The van der Waals surface area contributed by atoms with E-state index in [-0.39, 0.29) is 0 Å². The van der Waals surface area contributed by atoms with Crippen LogP contribution >= 0.6 is 22.7 Å². The smallest absolute Gasteiger partial charge is 0.0555 e. The molecule has 22 rings (SSSR count). The number of rotatable bonds is 8. The lowest BCUT2D eigenvalue weighted by Crippen LogP contribution is -1.96. The van der Waals surface area contributed by atoms with Crippen LogP contribution in [0.2, 0.25) is 0 Å². The minimum atomic E-state index is 1.16. The van der Waals surface area contributed by atoms with Crippen molar-refractivity contribution in [3.8, 4) is 67.3 Å². The maximum atomic E-state index is 2.50. The van der Waals surface area contributed by atoms with Crippen molar-refractivity contribution in [2.75, 3.05) is 0 Å². The molecule has 0 radical (unpaired) electrons. The molecule has 100 heavy (non-hydrogen) atoms. The lowest BCUT2D eigenvalue weighted by molar-refractivity contribution is 1.18. The standard InChI is InChI=1S/C94H56N4S2/c1-2-21-66(22-3-1)95-80-29-11-6-24-69(80)75-50-59(37-43-84(75)95)60-38-44-85-76(51-60)70-25-7-12-30-81(70)96(85)67-41-47-91-79(56-67)73-42-36-63(55-93(73)100-91)57-19-16-20-58(48-57)65-49-64-18-4-5-23-68(64)89(54-65)98-83-32-14-9-27-72(83)78-53-62(40-46-87(78)98)61-39-45-86-77(52-61)71-26-8-13-31-82(71)97(86)88-33-17-35-92-94(88)74-28-10-15-34-90(74)99-92/h1-56H. The zero-order valence-corrected chi connectivity index (χ0v) is 55.6. The van der Waals surface area contributed by atoms with E-state index in [4.69, 9.17) is 0 Å². The summed E-state index contributed by atoms with van der Waals surface area (Å²) in [5.41, 5.74) is 23.8. The lowest BCUT2D eigenvalue weighted by atomic mass is 9.96. The number of aromatic nitrogens is 4. The second-order valence-corrected chi connectivity index (χ2v) is 28.9. The molecule has 0 aliphatic heterocycles. The third-order valence-electron chi connectivity index (χ3n) is 21.3. The molecule has 0 N–H and O–H groups in total. The molecule has 4 nitrogen and oxygen atoms in total. The number of nitrogens with zero attached hydrogens (tertiary/aromatic N) is 4. The summed E-state index contributed by atoms with van der Waals surface area (Å²) >= 11 is 3.75. The summed E-state index contributed by atoms with van der Waals surface area (Å²) in [6, 6.07) is 127. The molecule has 16 aromatic carbocycles. The Morgan fingerprint density at radius 3 is 1.20 bits per heavy atom. The van der Waals surface area contributed by atoms with Gasteiger partial charge in [-0.05, 0) is 195 Å². The van der Waals surface area contributed by atoms with Crippen molar-refractivity contribution in [3.05, 3.63) is 340 Å². The molecular formula is C94H56N4S2. The molecule has 6 heterocycles. The Labute approximate surface area is 582 Å². The van der Waals surface area contributed by atoms with Gasteiger partial charge in [-0.1, -0.05) is 194 Å². The Bertz CT molecular complexity index is 7230. The number of fused-ring (bicyclic) bond motifs is 19. The van der Waals surface area contributed by atoms with Crippen LogP contribution < -0.4 is 0 Å². The molecular weight excluding hydrogens is 1250 g/mol. The van der Waals surface area contributed by atoms with E-state index in [0.717, 1.165) is 11.4 Å². The van der Waals surface area contributed by atoms with E-state index in [1.807, 2.05) is 22.7 Å². The van der Waals surface area contributed by atoms with Crippen LogP contribution in [0.4, 0.5) is 0 Å². The first-order valence-corrected chi connectivity index (χ1v) is 35.9. The molecule has 6 aromatic heterocycles. The Hall–Kier alpha value is -12.6. The molecule has 0 aliphatic carbocycles. The topological polar surface area (TPSA) is 19.7 Å². The van der Waals surface area contributed by atoms with E-state index in [9.17, 15) is 0 Å². The maximum Gasteiger partial charge on any atom is 0.0555 e. The van der Waals surface area contributed by atoms with Gasteiger partial charge in [-0.3, -0.25) is 0 Å². The molecule has 0 spiro atoms. The molecule has 22 aromatic rings. The first-order valence-electron chi connectivity index (χ1n) is 34.3. The predicted molar refractivity (Wildman–Crippen MR) is 429 cm³/mol. The van der Waals surface area contributed by atoms with E-state index in [2.05, 4.69) is 358 Å². The second-order valence-electron chi connectivity index (χ2n) is 26.7. The third-order valence-corrected chi connectivity index (χ3v) is 23.6. The fraction of sp³-hybridized carbons (Fsp3) is 0. The van der Waals surface area contributed by atoms with E-state index in [1.54, 1.807) is 0 Å². The number of thiophene rings is 2. The normalized spacial score (nSPS) is 12.2. The minimum Gasteiger partial charge on any atom is -0.309 e. The Kier molecular flexibility index (Phi) is 11.9. The van der Waals surface area contributed by atoms with Gasteiger partial charge in [-0.15, -0.1) is 22.7 Å². The van der Waals surface area contributed by atoms with Crippen LogP contribution in [0, 0.1) is 0 Å². The molecule has 464 valence electrons. The summed E-state index contributed by atoms with van der Waals surface area (Å²) in [6.07, 6.45) is 0. The van der Waals surface area contributed by atoms with E-state index in [1.165, 1.54) is 194 Å². The van der Waals surface area contributed by atoms with Gasteiger partial charge in [-0.2, -0.15) is 0 Å². The van der Waals surface area contributed by atoms with Gasteiger partial charge in [0.2, 0.25) is 0 Å². The van der Waals surface area contributed by atoms with Gasteiger partial charge in [0.15, 0.2) is 0 Å². The van der Waals surface area contributed by atoms with Crippen molar-refractivity contribution in [1.29, 1.82) is 0 Å². The van der Waals surface area contributed by atoms with E-state index in [0.29, 0.717) is 0 Å². The summed E-state index contributed by atoms with van der Waals surface area (Å²) < 4.78 is 15.0. The average Bonchev–Trinajstić information content (AvgIpc) is 1.46. The first kappa shape index (κ1) is 55.5. The summed E-state index contributed by atoms with van der Waals surface area (Å²) in [7, 11) is 0. The number of hydrogen-bond donors (Lipinski definition) is 0. The van der Waals surface area contributed by atoms with Crippen LogP contribution in [0.3, 0.4) is 0 Å². The lowest BCUT2D eigenvalue weighted by Gasteiger charge is -2.15. The zero-order valence-electron chi connectivity index (χ0n) is 53.9. The van der Waals surface area contributed by atoms with Gasteiger partial charge in [0.05, 0.1) is 55.5 Å².